The standard InChI is InChI=1S/C15H13N3O/c1-19-11-4-2-3-10(7-11)14-8-13(16)12-5-6-17-9-15(12)18-14/h2-9H,1H3,(H2,16,18). The van der Waals surface area contributed by atoms with Gasteiger partial charge in [-0.25, -0.2) is 4.98 Å². The zero-order valence-corrected chi connectivity index (χ0v) is 10.5. The molecule has 0 radical (unpaired) electrons. The highest BCUT2D eigenvalue weighted by Crippen LogP contribution is 2.27. The minimum atomic E-state index is 0.699. The maximum Gasteiger partial charge on any atom is 0.119 e. The summed E-state index contributed by atoms with van der Waals surface area (Å²) < 4.78 is 5.22. The van der Waals surface area contributed by atoms with Crippen LogP contribution < -0.4 is 10.5 Å². The van der Waals surface area contributed by atoms with Crippen molar-refractivity contribution in [2.24, 2.45) is 0 Å². The molecule has 2 N–H and O–H groups in total. The van der Waals surface area contributed by atoms with Crippen LogP contribution in [-0.4, -0.2) is 17.1 Å². The molecule has 0 unspecified atom stereocenters. The Morgan fingerprint density at radius 1 is 1.16 bits per heavy atom. The first-order valence-corrected chi connectivity index (χ1v) is 5.92. The molecule has 1 aromatic carbocycles. The zero-order chi connectivity index (χ0) is 13.2. The number of nitrogens with two attached hydrogens (primary N) is 1. The lowest BCUT2D eigenvalue weighted by atomic mass is 10.1. The van der Waals surface area contributed by atoms with Crippen molar-refractivity contribution in [2.75, 3.05) is 12.8 Å². The first kappa shape index (κ1) is 11.5. The minimum Gasteiger partial charge on any atom is -0.497 e. The fourth-order valence-electron chi connectivity index (χ4n) is 2.04. The predicted octanol–water partition coefficient (Wildman–Crippen LogP) is 2.89. The van der Waals surface area contributed by atoms with E-state index in [0.717, 1.165) is 27.9 Å². The van der Waals surface area contributed by atoms with E-state index < -0.39 is 0 Å². The Balaban J connectivity index is 2.19. The van der Waals surface area contributed by atoms with E-state index in [9.17, 15) is 0 Å². The molecule has 0 saturated heterocycles. The average Bonchev–Trinajstić information content (AvgIpc) is 2.47. The second-order valence-electron chi connectivity index (χ2n) is 4.22. The van der Waals surface area contributed by atoms with Crippen molar-refractivity contribution >= 4 is 16.6 Å². The average molecular weight is 251 g/mol. The lowest BCUT2D eigenvalue weighted by molar-refractivity contribution is 0.415. The van der Waals surface area contributed by atoms with Crippen LogP contribution in [0.5, 0.6) is 5.75 Å². The normalized spacial score (nSPS) is 10.6. The summed E-state index contributed by atoms with van der Waals surface area (Å²) in [6.07, 6.45) is 3.43. The lowest BCUT2D eigenvalue weighted by Crippen LogP contribution is -1.93. The van der Waals surface area contributed by atoms with Gasteiger partial charge in [0.05, 0.1) is 24.5 Å². The lowest BCUT2D eigenvalue weighted by Gasteiger charge is -2.07. The van der Waals surface area contributed by atoms with Crippen molar-refractivity contribution < 1.29 is 4.74 Å². The Kier molecular flexibility index (Phi) is 2.76. The molecule has 2 heterocycles. The number of methoxy groups -OCH3 is 1. The molecule has 94 valence electrons. The van der Waals surface area contributed by atoms with Gasteiger partial charge in [0.25, 0.3) is 0 Å². The molecular formula is C15H13N3O. The summed E-state index contributed by atoms with van der Waals surface area (Å²) in [6, 6.07) is 11.5. The second-order valence-corrected chi connectivity index (χ2v) is 4.22. The molecule has 3 rings (SSSR count). The van der Waals surface area contributed by atoms with E-state index in [2.05, 4.69) is 9.97 Å². The van der Waals surface area contributed by atoms with Gasteiger partial charge in [-0.1, -0.05) is 12.1 Å². The van der Waals surface area contributed by atoms with Crippen molar-refractivity contribution in [1.82, 2.24) is 9.97 Å². The van der Waals surface area contributed by atoms with Crippen LogP contribution in [0.2, 0.25) is 0 Å². The van der Waals surface area contributed by atoms with Crippen molar-refractivity contribution in [3.8, 4) is 17.0 Å². The quantitative estimate of drug-likeness (QED) is 0.760. The fraction of sp³-hybridized carbons (Fsp3) is 0.0667. The third-order valence-corrected chi connectivity index (χ3v) is 3.01. The molecule has 19 heavy (non-hydrogen) atoms. The van der Waals surface area contributed by atoms with E-state index >= 15 is 0 Å². The number of hydrogen-bond donors (Lipinski definition) is 1. The van der Waals surface area contributed by atoms with Crippen molar-refractivity contribution in [3.05, 3.63) is 48.8 Å². The number of rotatable bonds is 2. The van der Waals surface area contributed by atoms with Crippen LogP contribution in [0.25, 0.3) is 22.2 Å². The molecule has 0 bridgehead atoms. The highest BCUT2D eigenvalue weighted by Gasteiger charge is 2.06. The number of anilines is 1. The van der Waals surface area contributed by atoms with Gasteiger partial charge >= 0.3 is 0 Å². The van der Waals surface area contributed by atoms with E-state index in [0.29, 0.717) is 5.69 Å². The largest absolute Gasteiger partial charge is 0.497 e. The number of nitrogens with zero attached hydrogens (tertiary/aromatic N) is 2. The Morgan fingerprint density at radius 3 is 2.89 bits per heavy atom. The van der Waals surface area contributed by atoms with E-state index in [1.165, 1.54) is 0 Å². The molecule has 3 aromatic rings. The van der Waals surface area contributed by atoms with Gasteiger partial charge in [-0.05, 0) is 24.3 Å². The van der Waals surface area contributed by atoms with Gasteiger partial charge < -0.3 is 10.5 Å². The smallest absolute Gasteiger partial charge is 0.119 e. The summed E-state index contributed by atoms with van der Waals surface area (Å²) in [5, 5.41) is 0.918. The fourth-order valence-corrected chi connectivity index (χ4v) is 2.04. The van der Waals surface area contributed by atoms with E-state index in [1.54, 1.807) is 19.5 Å². The first-order chi connectivity index (χ1) is 9.28. The molecule has 0 aliphatic heterocycles. The third kappa shape index (κ3) is 2.08. The molecule has 0 amide bonds. The molecule has 4 nitrogen and oxygen atoms in total. The number of fused-ring (bicyclic) bond motifs is 1. The number of hydrogen-bond acceptors (Lipinski definition) is 4. The third-order valence-electron chi connectivity index (χ3n) is 3.01. The molecule has 0 aliphatic rings. The molecule has 0 spiro atoms. The maximum absolute atomic E-state index is 6.07. The zero-order valence-electron chi connectivity index (χ0n) is 10.5. The molecule has 2 aromatic heterocycles. The highest BCUT2D eigenvalue weighted by atomic mass is 16.5. The van der Waals surface area contributed by atoms with E-state index in [1.807, 2.05) is 36.4 Å². The van der Waals surface area contributed by atoms with E-state index in [4.69, 9.17) is 10.5 Å². The summed E-state index contributed by atoms with van der Waals surface area (Å²) >= 11 is 0. The van der Waals surface area contributed by atoms with Gasteiger partial charge in [0.15, 0.2) is 0 Å². The summed E-state index contributed by atoms with van der Waals surface area (Å²) in [4.78, 5) is 8.66. The van der Waals surface area contributed by atoms with Crippen LogP contribution in [0.3, 0.4) is 0 Å². The van der Waals surface area contributed by atoms with Crippen molar-refractivity contribution in [3.63, 3.8) is 0 Å². The van der Waals surface area contributed by atoms with Gasteiger partial charge in [0, 0.05) is 22.8 Å². The summed E-state index contributed by atoms with van der Waals surface area (Å²) in [7, 11) is 1.64. The Morgan fingerprint density at radius 2 is 2.05 bits per heavy atom. The summed E-state index contributed by atoms with van der Waals surface area (Å²) in [5.74, 6) is 0.796. The summed E-state index contributed by atoms with van der Waals surface area (Å²) in [5.41, 5.74) is 9.34. The van der Waals surface area contributed by atoms with Crippen molar-refractivity contribution in [1.29, 1.82) is 0 Å². The van der Waals surface area contributed by atoms with Gasteiger partial charge in [-0.15, -0.1) is 0 Å². The number of benzene rings is 1. The molecule has 4 heteroatoms. The number of pyridine rings is 2. The molecule has 0 atom stereocenters. The Bertz CT molecular complexity index is 740. The SMILES string of the molecule is COc1cccc(-c2cc(N)c3ccncc3n2)c1. The van der Waals surface area contributed by atoms with Crippen LogP contribution in [0, 0.1) is 0 Å². The molecule has 0 saturated carbocycles. The topological polar surface area (TPSA) is 61.0 Å². The van der Waals surface area contributed by atoms with Gasteiger partial charge in [0.1, 0.15) is 5.75 Å². The number of ether oxygens (including phenoxy) is 1. The van der Waals surface area contributed by atoms with Crippen molar-refractivity contribution in [2.45, 2.75) is 0 Å². The second kappa shape index (κ2) is 4.57. The molecule has 0 aliphatic carbocycles. The van der Waals surface area contributed by atoms with Gasteiger partial charge in [-0.2, -0.15) is 0 Å². The number of aromatic nitrogens is 2. The molecule has 0 fully saturated rings. The molecular weight excluding hydrogens is 238 g/mol. The van der Waals surface area contributed by atoms with Crippen LogP contribution in [-0.2, 0) is 0 Å². The Labute approximate surface area is 110 Å². The maximum atomic E-state index is 6.07. The van der Waals surface area contributed by atoms with Crippen LogP contribution in [0.15, 0.2) is 48.8 Å². The van der Waals surface area contributed by atoms with Gasteiger partial charge in [0.2, 0.25) is 0 Å². The van der Waals surface area contributed by atoms with Crippen LogP contribution in [0.1, 0.15) is 0 Å². The number of nitrogen functional groups attached to an aromatic ring is 1. The first-order valence-electron chi connectivity index (χ1n) is 5.92. The Hall–Kier alpha value is -2.62. The monoisotopic (exact) mass is 251 g/mol. The van der Waals surface area contributed by atoms with E-state index in [-0.39, 0.29) is 0 Å². The van der Waals surface area contributed by atoms with Gasteiger partial charge in [-0.3, -0.25) is 4.98 Å². The summed E-state index contributed by atoms with van der Waals surface area (Å²) in [6.45, 7) is 0. The van der Waals surface area contributed by atoms with Crippen LogP contribution in [0.4, 0.5) is 5.69 Å². The minimum absolute atomic E-state index is 0.699. The highest BCUT2D eigenvalue weighted by molar-refractivity contribution is 5.92. The van der Waals surface area contributed by atoms with Crippen LogP contribution >= 0.6 is 0 Å². The predicted molar refractivity (Wildman–Crippen MR) is 75.9 cm³/mol.